The highest BCUT2D eigenvalue weighted by Crippen LogP contribution is 2.27. The predicted octanol–water partition coefficient (Wildman–Crippen LogP) is -0.128. The molecule has 0 spiro atoms. The molecule has 0 atom stereocenters. The van der Waals surface area contributed by atoms with Crippen molar-refractivity contribution in [2.24, 2.45) is 10.9 Å². The summed E-state index contributed by atoms with van der Waals surface area (Å²) >= 11 is 0. The van der Waals surface area contributed by atoms with Crippen LogP contribution in [0.5, 0.6) is 0 Å². The van der Waals surface area contributed by atoms with E-state index in [9.17, 15) is 13.2 Å². The number of aromatic nitrogens is 2. The molecule has 8 nitrogen and oxygen atoms in total. The molecule has 0 aliphatic heterocycles. The summed E-state index contributed by atoms with van der Waals surface area (Å²) in [5.41, 5.74) is 6.65. The fraction of sp³-hybridized carbons (Fsp3) is 0.286. The van der Waals surface area contributed by atoms with Gasteiger partial charge in [-0.15, -0.1) is 0 Å². The van der Waals surface area contributed by atoms with Crippen LogP contribution in [0, 0.1) is 0 Å². The van der Waals surface area contributed by atoms with E-state index in [1.54, 1.807) is 36.3 Å². The minimum Gasteiger partial charge on any atom is -0.383 e. The molecule has 1 amide bonds. The molecule has 1 aromatic heterocycles. The Bertz CT molecular complexity index is 814. The molecule has 0 saturated carbocycles. The van der Waals surface area contributed by atoms with Crippen LogP contribution < -0.4 is 10.9 Å². The van der Waals surface area contributed by atoms with Crippen molar-refractivity contribution in [2.45, 2.75) is 17.9 Å². The number of primary sulfonamides is 1. The fourth-order valence-electron chi connectivity index (χ4n) is 2.16. The smallest absolute Gasteiger partial charge is 0.238 e. The topological polar surface area (TPSA) is 130 Å². The Morgan fingerprint density at radius 3 is 2.74 bits per heavy atom. The number of hydrogen-bond acceptors (Lipinski definition) is 5. The van der Waals surface area contributed by atoms with Crippen LogP contribution in [0.1, 0.15) is 5.56 Å². The standard InChI is InChI=1S/C14H18N4O4S/c1-22-5-4-18-9-11(8-17-18)12-3-2-10(7-14(15)19)6-13(12)23(16,20)21/h2-3,6,8-9H,4-5,7H2,1H3,(H2,15,19)(H2,16,20,21). The lowest BCUT2D eigenvalue weighted by atomic mass is 10.1. The second-order valence-electron chi connectivity index (χ2n) is 5.00. The average Bonchev–Trinajstić information content (AvgIpc) is 2.92. The summed E-state index contributed by atoms with van der Waals surface area (Å²) in [6.45, 7) is 1.03. The molecule has 0 fully saturated rings. The van der Waals surface area contributed by atoms with Crippen molar-refractivity contribution in [3.05, 3.63) is 36.2 Å². The van der Waals surface area contributed by atoms with Crippen LogP contribution >= 0.6 is 0 Å². The van der Waals surface area contributed by atoms with Gasteiger partial charge in [0, 0.05) is 24.4 Å². The van der Waals surface area contributed by atoms with Gasteiger partial charge in [-0.05, 0) is 11.6 Å². The van der Waals surface area contributed by atoms with Crippen LogP contribution in [0.4, 0.5) is 0 Å². The number of ether oxygens (including phenoxy) is 1. The molecule has 4 N–H and O–H groups in total. The third kappa shape index (κ3) is 4.38. The van der Waals surface area contributed by atoms with Gasteiger partial charge in [0.2, 0.25) is 15.9 Å². The zero-order chi connectivity index (χ0) is 17.0. The van der Waals surface area contributed by atoms with Crippen molar-refractivity contribution < 1.29 is 17.9 Å². The van der Waals surface area contributed by atoms with Crippen molar-refractivity contribution in [3.63, 3.8) is 0 Å². The van der Waals surface area contributed by atoms with E-state index in [-0.39, 0.29) is 11.3 Å². The van der Waals surface area contributed by atoms with Crippen LogP contribution in [0.25, 0.3) is 11.1 Å². The molecule has 1 aromatic carbocycles. The first-order valence-electron chi connectivity index (χ1n) is 6.77. The number of primary amides is 1. The lowest BCUT2D eigenvalue weighted by molar-refractivity contribution is -0.117. The summed E-state index contributed by atoms with van der Waals surface area (Å²) in [5.74, 6) is -0.550. The van der Waals surface area contributed by atoms with Gasteiger partial charge in [-0.3, -0.25) is 9.48 Å². The van der Waals surface area contributed by atoms with Gasteiger partial charge < -0.3 is 10.5 Å². The number of carbonyl (C=O) groups excluding carboxylic acids is 1. The van der Waals surface area contributed by atoms with Gasteiger partial charge in [-0.2, -0.15) is 5.10 Å². The van der Waals surface area contributed by atoms with Gasteiger partial charge in [-0.25, -0.2) is 13.6 Å². The van der Waals surface area contributed by atoms with Gasteiger partial charge in [-0.1, -0.05) is 12.1 Å². The van der Waals surface area contributed by atoms with E-state index >= 15 is 0 Å². The van der Waals surface area contributed by atoms with Crippen molar-refractivity contribution in [2.75, 3.05) is 13.7 Å². The van der Waals surface area contributed by atoms with Gasteiger partial charge in [0.15, 0.2) is 0 Å². The number of nitrogens with zero attached hydrogens (tertiary/aromatic N) is 2. The fourth-order valence-corrected chi connectivity index (χ4v) is 2.97. The maximum Gasteiger partial charge on any atom is 0.238 e. The monoisotopic (exact) mass is 338 g/mol. The molecule has 0 radical (unpaired) electrons. The third-order valence-electron chi connectivity index (χ3n) is 3.20. The van der Waals surface area contributed by atoms with Gasteiger partial charge in [0.25, 0.3) is 0 Å². The highest BCUT2D eigenvalue weighted by molar-refractivity contribution is 7.89. The minimum atomic E-state index is -3.96. The number of hydrogen-bond donors (Lipinski definition) is 2. The maximum atomic E-state index is 11.9. The summed E-state index contributed by atoms with van der Waals surface area (Å²) in [6.07, 6.45) is 3.19. The second kappa shape index (κ2) is 6.90. The van der Waals surface area contributed by atoms with Crippen LogP contribution in [-0.2, 0) is 32.5 Å². The Balaban J connectivity index is 2.45. The molecule has 2 aromatic rings. The van der Waals surface area contributed by atoms with Crippen molar-refractivity contribution in [3.8, 4) is 11.1 Å². The Labute approximate surface area is 134 Å². The quantitative estimate of drug-likeness (QED) is 0.726. The van der Waals surface area contributed by atoms with Crippen molar-refractivity contribution in [1.29, 1.82) is 0 Å². The SMILES string of the molecule is COCCn1cc(-c2ccc(CC(N)=O)cc2S(N)(=O)=O)cn1. The Morgan fingerprint density at radius 2 is 2.13 bits per heavy atom. The first-order valence-corrected chi connectivity index (χ1v) is 8.31. The zero-order valence-corrected chi connectivity index (χ0v) is 13.4. The summed E-state index contributed by atoms with van der Waals surface area (Å²) in [6, 6.07) is 4.60. The Morgan fingerprint density at radius 1 is 1.39 bits per heavy atom. The van der Waals surface area contributed by atoms with Gasteiger partial charge in [0.05, 0.1) is 30.7 Å². The molecule has 0 aliphatic rings. The number of benzene rings is 1. The van der Waals surface area contributed by atoms with E-state index in [1.807, 2.05) is 0 Å². The lowest BCUT2D eigenvalue weighted by Gasteiger charge is -2.08. The molecule has 0 bridgehead atoms. The van der Waals surface area contributed by atoms with Gasteiger partial charge in [0.1, 0.15) is 0 Å². The largest absolute Gasteiger partial charge is 0.383 e. The molecule has 0 aliphatic carbocycles. The highest BCUT2D eigenvalue weighted by Gasteiger charge is 2.18. The minimum absolute atomic E-state index is 0.0596. The normalized spacial score (nSPS) is 11.6. The summed E-state index contributed by atoms with van der Waals surface area (Å²) < 4.78 is 30.3. The van der Waals surface area contributed by atoms with Crippen LogP contribution in [0.3, 0.4) is 0 Å². The first-order chi connectivity index (χ1) is 10.8. The maximum absolute atomic E-state index is 11.9. The molecule has 124 valence electrons. The number of carbonyl (C=O) groups is 1. The lowest BCUT2D eigenvalue weighted by Crippen LogP contribution is -2.16. The zero-order valence-electron chi connectivity index (χ0n) is 12.6. The average molecular weight is 338 g/mol. The van der Waals surface area contributed by atoms with E-state index in [2.05, 4.69) is 5.10 Å². The van der Waals surface area contributed by atoms with E-state index in [0.717, 1.165) is 0 Å². The Hall–Kier alpha value is -2.23. The van der Waals surface area contributed by atoms with E-state index < -0.39 is 15.9 Å². The second-order valence-corrected chi connectivity index (χ2v) is 6.53. The molecule has 23 heavy (non-hydrogen) atoms. The number of amides is 1. The summed E-state index contributed by atoms with van der Waals surface area (Å²) in [4.78, 5) is 10.9. The third-order valence-corrected chi connectivity index (χ3v) is 4.15. The summed E-state index contributed by atoms with van der Waals surface area (Å²) in [7, 11) is -2.38. The number of methoxy groups -OCH3 is 1. The number of nitrogens with two attached hydrogens (primary N) is 2. The first kappa shape index (κ1) is 17.1. The molecule has 9 heteroatoms. The van der Waals surface area contributed by atoms with Crippen LogP contribution in [0.15, 0.2) is 35.5 Å². The molecular formula is C14H18N4O4S. The van der Waals surface area contributed by atoms with Crippen molar-refractivity contribution in [1.82, 2.24) is 9.78 Å². The molecule has 0 saturated heterocycles. The van der Waals surface area contributed by atoms with Crippen LogP contribution in [-0.4, -0.2) is 37.8 Å². The molecule has 1 heterocycles. The van der Waals surface area contributed by atoms with E-state index in [0.29, 0.717) is 29.8 Å². The highest BCUT2D eigenvalue weighted by atomic mass is 32.2. The van der Waals surface area contributed by atoms with Crippen LogP contribution in [0.2, 0.25) is 0 Å². The van der Waals surface area contributed by atoms with Gasteiger partial charge >= 0.3 is 0 Å². The van der Waals surface area contributed by atoms with Crippen molar-refractivity contribution >= 4 is 15.9 Å². The molecule has 0 unspecified atom stereocenters. The molecular weight excluding hydrogens is 320 g/mol. The summed E-state index contributed by atoms with van der Waals surface area (Å²) in [5, 5.41) is 9.44. The number of sulfonamides is 1. The predicted molar refractivity (Wildman–Crippen MR) is 83.8 cm³/mol. The van der Waals surface area contributed by atoms with E-state index in [4.69, 9.17) is 15.6 Å². The molecule has 2 rings (SSSR count). The van der Waals surface area contributed by atoms with E-state index in [1.165, 1.54) is 6.07 Å². The Kier molecular flexibility index (Phi) is 5.14. The number of rotatable bonds is 7.